The Morgan fingerprint density at radius 3 is 2.83 bits per heavy atom. The summed E-state index contributed by atoms with van der Waals surface area (Å²) in [4.78, 5) is 13.3. The first-order valence-electron chi connectivity index (χ1n) is 6.38. The minimum Gasteiger partial charge on any atom is -0.478 e. The van der Waals surface area contributed by atoms with Crippen LogP contribution in [0, 0.1) is 0 Å². The number of benzene rings is 1. The van der Waals surface area contributed by atoms with Crippen molar-refractivity contribution in [2.24, 2.45) is 0 Å². The predicted octanol–water partition coefficient (Wildman–Crippen LogP) is 2.71. The van der Waals surface area contributed by atoms with Crippen LogP contribution in [0.15, 0.2) is 24.3 Å². The van der Waals surface area contributed by atoms with Gasteiger partial charge in [0.25, 0.3) is 0 Å². The maximum atomic E-state index is 10.8. The van der Waals surface area contributed by atoms with Crippen LogP contribution in [0.1, 0.15) is 28.8 Å². The molecule has 0 radical (unpaired) electrons. The molecular weight excluding hydrogens is 246 g/mol. The molecule has 1 aromatic carbocycles. The SMILES string of the molecule is O=C(O)c1cccc(CSCCN2CCCC2)c1. The average molecular weight is 265 g/mol. The standard InChI is InChI=1S/C14H19NO2S/c16-14(17)13-5-3-4-12(10-13)11-18-9-8-15-6-1-2-7-15/h3-5,10H,1-2,6-9,11H2,(H,16,17). The summed E-state index contributed by atoms with van der Waals surface area (Å²) in [6.07, 6.45) is 2.68. The van der Waals surface area contributed by atoms with Crippen LogP contribution < -0.4 is 0 Å². The number of hydrogen-bond donors (Lipinski definition) is 1. The number of carbonyl (C=O) groups is 1. The number of nitrogens with zero attached hydrogens (tertiary/aromatic N) is 1. The van der Waals surface area contributed by atoms with Gasteiger partial charge in [-0.1, -0.05) is 12.1 Å². The second-order valence-corrected chi connectivity index (χ2v) is 5.71. The zero-order valence-corrected chi connectivity index (χ0v) is 11.3. The molecule has 1 aromatic rings. The van der Waals surface area contributed by atoms with Crippen molar-refractivity contribution >= 4 is 17.7 Å². The van der Waals surface area contributed by atoms with Crippen molar-refractivity contribution in [3.05, 3.63) is 35.4 Å². The van der Waals surface area contributed by atoms with Crippen molar-refractivity contribution in [1.82, 2.24) is 4.90 Å². The second-order valence-electron chi connectivity index (χ2n) is 4.61. The van der Waals surface area contributed by atoms with E-state index in [0.717, 1.165) is 23.6 Å². The highest BCUT2D eigenvalue weighted by molar-refractivity contribution is 7.98. The third-order valence-corrected chi connectivity index (χ3v) is 4.20. The lowest BCUT2D eigenvalue weighted by molar-refractivity contribution is 0.0697. The summed E-state index contributed by atoms with van der Waals surface area (Å²) in [5, 5.41) is 8.91. The van der Waals surface area contributed by atoms with Gasteiger partial charge in [0.05, 0.1) is 5.56 Å². The summed E-state index contributed by atoms with van der Waals surface area (Å²) in [5.41, 5.74) is 1.48. The minimum atomic E-state index is -0.848. The fraction of sp³-hybridized carbons (Fsp3) is 0.500. The van der Waals surface area contributed by atoms with E-state index in [1.165, 1.54) is 25.9 Å². The van der Waals surface area contributed by atoms with Crippen LogP contribution in [0.2, 0.25) is 0 Å². The highest BCUT2D eigenvalue weighted by atomic mass is 32.2. The molecule has 0 amide bonds. The van der Waals surface area contributed by atoms with Crippen LogP contribution in [0.25, 0.3) is 0 Å². The summed E-state index contributed by atoms with van der Waals surface area (Å²) in [7, 11) is 0. The molecule has 4 heteroatoms. The first kappa shape index (κ1) is 13.4. The van der Waals surface area contributed by atoms with Crippen LogP contribution in [0.4, 0.5) is 0 Å². The first-order valence-corrected chi connectivity index (χ1v) is 7.53. The molecule has 0 saturated carbocycles. The van der Waals surface area contributed by atoms with Gasteiger partial charge in [-0.15, -0.1) is 0 Å². The van der Waals surface area contributed by atoms with E-state index in [-0.39, 0.29) is 0 Å². The molecule has 0 spiro atoms. The molecule has 0 unspecified atom stereocenters. The van der Waals surface area contributed by atoms with E-state index in [4.69, 9.17) is 5.11 Å². The van der Waals surface area contributed by atoms with Crippen molar-refractivity contribution in [1.29, 1.82) is 0 Å². The molecule has 3 nitrogen and oxygen atoms in total. The fourth-order valence-corrected chi connectivity index (χ4v) is 3.13. The Bertz CT molecular complexity index is 403. The largest absolute Gasteiger partial charge is 0.478 e. The summed E-state index contributed by atoms with van der Waals surface area (Å²) < 4.78 is 0. The molecule has 98 valence electrons. The Hall–Kier alpha value is -1.00. The smallest absolute Gasteiger partial charge is 0.335 e. The molecule has 0 aromatic heterocycles. The van der Waals surface area contributed by atoms with E-state index in [1.807, 2.05) is 23.9 Å². The molecule has 0 bridgehead atoms. The van der Waals surface area contributed by atoms with Gasteiger partial charge in [-0.2, -0.15) is 11.8 Å². The van der Waals surface area contributed by atoms with Gasteiger partial charge in [0.1, 0.15) is 0 Å². The highest BCUT2D eigenvalue weighted by Gasteiger charge is 2.10. The van der Waals surface area contributed by atoms with Crippen molar-refractivity contribution in [3.63, 3.8) is 0 Å². The van der Waals surface area contributed by atoms with Crippen LogP contribution in [0.5, 0.6) is 0 Å². The lowest BCUT2D eigenvalue weighted by atomic mass is 10.1. The minimum absolute atomic E-state index is 0.382. The zero-order valence-electron chi connectivity index (χ0n) is 10.5. The van der Waals surface area contributed by atoms with E-state index in [9.17, 15) is 4.79 Å². The Labute approximate surface area is 112 Å². The third-order valence-electron chi connectivity index (χ3n) is 3.19. The molecule has 1 heterocycles. The van der Waals surface area contributed by atoms with Crippen molar-refractivity contribution in [3.8, 4) is 0 Å². The number of carboxylic acid groups (broad SMARTS) is 1. The Kier molecular flexibility index (Phi) is 5.08. The van der Waals surface area contributed by atoms with Gasteiger partial charge in [0.15, 0.2) is 0 Å². The molecule has 0 atom stereocenters. The lowest BCUT2D eigenvalue weighted by Gasteiger charge is -2.13. The second kappa shape index (κ2) is 6.81. The highest BCUT2D eigenvalue weighted by Crippen LogP contribution is 2.15. The van der Waals surface area contributed by atoms with Crippen LogP contribution in [-0.4, -0.2) is 41.4 Å². The lowest BCUT2D eigenvalue weighted by Crippen LogP contribution is -2.21. The predicted molar refractivity (Wildman–Crippen MR) is 75.2 cm³/mol. The zero-order chi connectivity index (χ0) is 12.8. The topological polar surface area (TPSA) is 40.5 Å². The molecule has 1 saturated heterocycles. The van der Waals surface area contributed by atoms with Gasteiger partial charge < -0.3 is 10.0 Å². The number of likely N-dealkylation sites (tertiary alicyclic amines) is 1. The Balaban J connectivity index is 1.72. The normalized spacial score (nSPS) is 16.0. The van der Waals surface area contributed by atoms with Gasteiger partial charge in [0, 0.05) is 18.1 Å². The summed E-state index contributed by atoms with van der Waals surface area (Å²) >= 11 is 1.88. The number of aromatic carboxylic acids is 1. The van der Waals surface area contributed by atoms with Crippen LogP contribution >= 0.6 is 11.8 Å². The fourth-order valence-electron chi connectivity index (χ4n) is 2.18. The number of thioether (sulfide) groups is 1. The van der Waals surface area contributed by atoms with Gasteiger partial charge >= 0.3 is 5.97 Å². The number of carboxylic acids is 1. The molecule has 1 aliphatic rings. The van der Waals surface area contributed by atoms with Gasteiger partial charge in [-0.05, 0) is 43.6 Å². The van der Waals surface area contributed by atoms with Crippen molar-refractivity contribution in [2.75, 3.05) is 25.4 Å². The van der Waals surface area contributed by atoms with E-state index in [1.54, 1.807) is 12.1 Å². The maximum Gasteiger partial charge on any atom is 0.335 e. The molecule has 2 rings (SSSR count). The van der Waals surface area contributed by atoms with E-state index in [2.05, 4.69) is 4.90 Å². The Morgan fingerprint density at radius 2 is 2.11 bits per heavy atom. The molecule has 18 heavy (non-hydrogen) atoms. The van der Waals surface area contributed by atoms with Gasteiger partial charge in [0.2, 0.25) is 0 Å². The van der Waals surface area contributed by atoms with Gasteiger partial charge in [-0.25, -0.2) is 4.79 Å². The number of rotatable bonds is 6. The molecule has 1 fully saturated rings. The van der Waals surface area contributed by atoms with Crippen molar-refractivity contribution in [2.45, 2.75) is 18.6 Å². The molecule has 1 aliphatic heterocycles. The Morgan fingerprint density at radius 1 is 1.33 bits per heavy atom. The first-order chi connectivity index (χ1) is 8.75. The average Bonchev–Trinajstić information content (AvgIpc) is 2.88. The third kappa shape index (κ3) is 4.03. The maximum absolute atomic E-state index is 10.8. The van der Waals surface area contributed by atoms with E-state index >= 15 is 0 Å². The van der Waals surface area contributed by atoms with Crippen molar-refractivity contribution < 1.29 is 9.90 Å². The molecular formula is C14H19NO2S. The summed E-state index contributed by atoms with van der Waals surface area (Å²) in [5.74, 6) is 1.17. The summed E-state index contributed by atoms with van der Waals surface area (Å²) in [6.45, 7) is 3.65. The van der Waals surface area contributed by atoms with Crippen LogP contribution in [0.3, 0.4) is 0 Å². The quantitative estimate of drug-likeness (QED) is 0.803. The number of hydrogen-bond acceptors (Lipinski definition) is 3. The van der Waals surface area contributed by atoms with E-state index < -0.39 is 5.97 Å². The summed E-state index contributed by atoms with van der Waals surface area (Å²) in [6, 6.07) is 7.22. The van der Waals surface area contributed by atoms with Crippen LogP contribution in [-0.2, 0) is 5.75 Å². The monoisotopic (exact) mass is 265 g/mol. The molecule has 1 N–H and O–H groups in total. The van der Waals surface area contributed by atoms with Gasteiger partial charge in [-0.3, -0.25) is 0 Å². The van der Waals surface area contributed by atoms with E-state index in [0.29, 0.717) is 5.56 Å². The molecule has 0 aliphatic carbocycles.